The van der Waals surface area contributed by atoms with Crippen molar-refractivity contribution in [2.45, 2.75) is 6.10 Å². The first kappa shape index (κ1) is 14.9. The Morgan fingerprint density at radius 1 is 0.857 bits per heavy atom. The van der Waals surface area contributed by atoms with Crippen LogP contribution in [0, 0.1) is 0 Å². The molecule has 0 aliphatic rings. The van der Waals surface area contributed by atoms with Crippen LogP contribution in [0.2, 0.25) is 10.0 Å². The van der Waals surface area contributed by atoms with Crippen molar-refractivity contribution in [2.75, 3.05) is 0 Å². The van der Waals surface area contributed by atoms with E-state index in [2.05, 4.69) is 15.9 Å². The molecule has 21 heavy (non-hydrogen) atoms. The van der Waals surface area contributed by atoms with E-state index in [4.69, 9.17) is 23.2 Å². The summed E-state index contributed by atoms with van der Waals surface area (Å²) < 4.78 is 0.807. The van der Waals surface area contributed by atoms with Crippen molar-refractivity contribution in [1.29, 1.82) is 0 Å². The van der Waals surface area contributed by atoms with Gasteiger partial charge in [-0.1, -0.05) is 59.6 Å². The van der Waals surface area contributed by atoms with Crippen LogP contribution in [-0.2, 0) is 0 Å². The maximum Gasteiger partial charge on any atom is 0.105 e. The monoisotopic (exact) mass is 380 g/mol. The van der Waals surface area contributed by atoms with Crippen molar-refractivity contribution < 1.29 is 5.11 Å². The third-order valence-corrected chi connectivity index (χ3v) is 5.02. The Balaban J connectivity index is 2.15. The molecule has 1 unspecified atom stereocenters. The fourth-order valence-electron chi connectivity index (χ4n) is 2.39. The van der Waals surface area contributed by atoms with E-state index in [0.29, 0.717) is 10.0 Å². The van der Waals surface area contributed by atoms with Crippen LogP contribution in [0.1, 0.15) is 17.2 Å². The van der Waals surface area contributed by atoms with Crippen LogP contribution in [0.25, 0.3) is 10.8 Å². The highest BCUT2D eigenvalue weighted by molar-refractivity contribution is 9.10. The van der Waals surface area contributed by atoms with E-state index in [1.165, 1.54) is 0 Å². The molecule has 4 heteroatoms. The molecule has 0 saturated carbocycles. The van der Waals surface area contributed by atoms with E-state index in [1.54, 1.807) is 6.07 Å². The molecule has 0 spiro atoms. The van der Waals surface area contributed by atoms with Gasteiger partial charge in [0.15, 0.2) is 0 Å². The van der Waals surface area contributed by atoms with Crippen LogP contribution >= 0.6 is 39.1 Å². The highest BCUT2D eigenvalue weighted by Gasteiger charge is 2.15. The Kier molecular flexibility index (Phi) is 4.23. The van der Waals surface area contributed by atoms with Gasteiger partial charge in [-0.15, -0.1) is 0 Å². The fourth-order valence-corrected chi connectivity index (χ4v) is 3.05. The van der Waals surface area contributed by atoms with Crippen LogP contribution in [0.15, 0.2) is 59.1 Å². The molecule has 0 bridgehead atoms. The summed E-state index contributed by atoms with van der Waals surface area (Å²) in [5.74, 6) is 0. The fraction of sp³-hybridized carbons (Fsp3) is 0.0588. The molecular weight excluding hydrogens is 371 g/mol. The summed E-state index contributed by atoms with van der Waals surface area (Å²) in [4.78, 5) is 0. The first-order chi connectivity index (χ1) is 10.1. The average Bonchev–Trinajstić information content (AvgIpc) is 2.50. The smallest absolute Gasteiger partial charge is 0.105 e. The lowest BCUT2D eigenvalue weighted by atomic mass is 9.96. The normalized spacial score (nSPS) is 12.6. The molecule has 0 aromatic heterocycles. The van der Waals surface area contributed by atoms with Crippen molar-refractivity contribution in [3.63, 3.8) is 0 Å². The first-order valence-corrected chi connectivity index (χ1v) is 7.93. The molecule has 3 aromatic carbocycles. The van der Waals surface area contributed by atoms with Gasteiger partial charge in [0.25, 0.3) is 0 Å². The van der Waals surface area contributed by atoms with Crippen molar-refractivity contribution in [2.24, 2.45) is 0 Å². The summed E-state index contributed by atoms with van der Waals surface area (Å²) in [6.45, 7) is 0. The van der Waals surface area contributed by atoms with Gasteiger partial charge in [-0.3, -0.25) is 0 Å². The lowest BCUT2D eigenvalue weighted by molar-refractivity contribution is 0.222. The largest absolute Gasteiger partial charge is 0.384 e. The lowest BCUT2D eigenvalue weighted by Crippen LogP contribution is -2.00. The second-order valence-corrected chi connectivity index (χ2v) is 6.43. The Morgan fingerprint density at radius 2 is 1.57 bits per heavy atom. The number of aliphatic hydroxyl groups excluding tert-OH is 1. The number of rotatable bonds is 2. The Bertz CT molecular complexity index is 817. The van der Waals surface area contributed by atoms with E-state index in [0.717, 1.165) is 26.4 Å². The van der Waals surface area contributed by atoms with Crippen molar-refractivity contribution >= 4 is 49.9 Å². The summed E-state index contributed by atoms with van der Waals surface area (Å²) in [5.41, 5.74) is 1.56. The Morgan fingerprint density at radius 3 is 2.29 bits per heavy atom. The van der Waals surface area contributed by atoms with Crippen molar-refractivity contribution in [1.82, 2.24) is 0 Å². The molecule has 106 valence electrons. The third kappa shape index (κ3) is 2.82. The summed E-state index contributed by atoms with van der Waals surface area (Å²) in [6, 6.07) is 16.9. The molecule has 0 radical (unpaired) electrons. The van der Waals surface area contributed by atoms with Crippen LogP contribution in [0.4, 0.5) is 0 Å². The summed E-state index contributed by atoms with van der Waals surface area (Å²) in [6.07, 6.45) is -0.752. The zero-order chi connectivity index (χ0) is 15.0. The van der Waals surface area contributed by atoms with Gasteiger partial charge in [-0.2, -0.15) is 0 Å². The number of hydrogen-bond donors (Lipinski definition) is 1. The highest BCUT2D eigenvalue weighted by atomic mass is 79.9. The predicted octanol–water partition coefficient (Wildman–Crippen LogP) is 5.99. The Hall–Kier alpha value is -1.06. The van der Waals surface area contributed by atoms with Crippen molar-refractivity contribution in [3.8, 4) is 0 Å². The first-order valence-electron chi connectivity index (χ1n) is 6.38. The van der Waals surface area contributed by atoms with Gasteiger partial charge in [0.2, 0.25) is 0 Å². The maximum absolute atomic E-state index is 10.7. The van der Waals surface area contributed by atoms with E-state index in [1.807, 2.05) is 48.5 Å². The summed E-state index contributed by atoms with van der Waals surface area (Å²) in [7, 11) is 0. The van der Waals surface area contributed by atoms with E-state index < -0.39 is 6.10 Å². The van der Waals surface area contributed by atoms with Gasteiger partial charge < -0.3 is 5.11 Å². The van der Waals surface area contributed by atoms with Crippen LogP contribution in [0.5, 0.6) is 0 Å². The van der Waals surface area contributed by atoms with E-state index in [-0.39, 0.29) is 0 Å². The number of halogens is 3. The lowest BCUT2D eigenvalue weighted by Gasteiger charge is -2.15. The molecule has 0 amide bonds. The molecular formula is C17H11BrCl2O. The quantitative estimate of drug-likeness (QED) is 0.577. The minimum absolute atomic E-state index is 0.574. The maximum atomic E-state index is 10.7. The highest BCUT2D eigenvalue weighted by Crippen LogP contribution is 2.34. The molecule has 1 atom stereocenters. The number of fused-ring (bicyclic) bond motifs is 1. The standard InChI is InChI=1S/C17H11BrCl2O/c18-14-7-5-10(9-16(14)20)17(21)13-6-8-15(19)12-4-2-1-3-11(12)13/h1-9,17,21H. The zero-order valence-corrected chi connectivity index (χ0v) is 14.0. The van der Waals surface area contributed by atoms with Gasteiger partial charge in [0, 0.05) is 14.9 Å². The number of hydrogen-bond acceptors (Lipinski definition) is 1. The van der Waals surface area contributed by atoms with Gasteiger partial charge in [-0.25, -0.2) is 0 Å². The SMILES string of the molecule is OC(c1ccc(Br)c(Cl)c1)c1ccc(Cl)c2ccccc12. The molecule has 0 heterocycles. The average molecular weight is 382 g/mol. The van der Waals surface area contributed by atoms with Crippen LogP contribution < -0.4 is 0 Å². The molecule has 0 fully saturated rings. The minimum atomic E-state index is -0.752. The van der Waals surface area contributed by atoms with E-state index >= 15 is 0 Å². The summed E-state index contributed by atoms with van der Waals surface area (Å²) in [5, 5.41) is 13.8. The number of aliphatic hydroxyl groups is 1. The second kappa shape index (κ2) is 5.98. The third-order valence-electron chi connectivity index (χ3n) is 3.46. The molecule has 0 saturated heterocycles. The predicted molar refractivity (Wildman–Crippen MR) is 92.2 cm³/mol. The Labute approximate surface area is 141 Å². The van der Waals surface area contributed by atoms with Gasteiger partial charge in [0.1, 0.15) is 6.10 Å². The molecule has 3 aromatic rings. The zero-order valence-electron chi connectivity index (χ0n) is 10.9. The van der Waals surface area contributed by atoms with Crippen LogP contribution in [-0.4, -0.2) is 5.11 Å². The number of benzene rings is 3. The molecule has 1 nitrogen and oxygen atoms in total. The topological polar surface area (TPSA) is 20.2 Å². The van der Waals surface area contributed by atoms with Gasteiger partial charge >= 0.3 is 0 Å². The molecule has 3 rings (SSSR count). The summed E-state index contributed by atoms with van der Waals surface area (Å²) >= 11 is 15.7. The van der Waals surface area contributed by atoms with Gasteiger partial charge in [-0.05, 0) is 50.6 Å². The molecule has 0 aliphatic carbocycles. The molecule has 0 aliphatic heterocycles. The van der Waals surface area contributed by atoms with E-state index in [9.17, 15) is 5.11 Å². The molecule has 1 N–H and O–H groups in total. The second-order valence-electron chi connectivity index (χ2n) is 4.76. The van der Waals surface area contributed by atoms with Crippen LogP contribution in [0.3, 0.4) is 0 Å². The van der Waals surface area contributed by atoms with Gasteiger partial charge in [0.05, 0.1) is 5.02 Å². The minimum Gasteiger partial charge on any atom is -0.384 e. The van der Waals surface area contributed by atoms with Crippen molar-refractivity contribution in [3.05, 3.63) is 80.2 Å².